The zero-order valence-corrected chi connectivity index (χ0v) is 13.9. The first-order valence-corrected chi connectivity index (χ1v) is 8.25. The van der Waals surface area contributed by atoms with Gasteiger partial charge in [-0.25, -0.2) is 0 Å². The van der Waals surface area contributed by atoms with Gasteiger partial charge < -0.3 is 15.0 Å². The molecule has 2 aliphatic rings. The summed E-state index contributed by atoms with van der Waals surface area (Å²) in [5.41, 5.74) is 0.528. The van der Waals surface area contributed by atoms with Gasteiger partial charge in [0.15, 0.2) is 0 Å². The van der Waals surface area contributed by atoms with Crippen molar-refractivity contribution in [2.45, 2.75) is 12.8 Å². The average molecular weight is 337 g/mol. The zero-order chi connectivity index (χ0) is 16.4. The molecule has 0 radical (unpaired) electrons. The second-order valence-corrected chi connectivity index (χ2v) is 6.83. The molecule has 0 aromatic heterocycles. The summed E-state index contributed by atoms with van der Waals surface area (Å²) < 4.78 is 5.22. The lowest BCUT2D eigenvalue weighted by Crippen LogP contribution is -2.47. The van der Waals surface area contributed by atoms with Crippen LogP contribution in [0, 0.1) is 11.3 Å². The van der Waals surface area contributed by atoms with E-state index >= 15 is 0 Å². The van der Waals surface area contributed by atoms with Crippen LogP contribution in [-0.4, -0.2) is 50.1 Å². The monoisotopic (exact) mass is 336 g/mol. The lowest BCUT2D eigenvalue weighted by atomic mass is 9.71. The zero-order valence-electron chi connectivity index (χ0n) is 13.2. The summed E-state index contributed by atoms with van der Waals surface area (Å²) in [7, 11) is 1.62. The van der Waals surface area contributed by atoms with Crippen molar-refractivity contribution in [3.05, 3.63) is 34.9 Å². The van der Waals surface area contributed by atoms with Crippen LogP contribution in [0.4, 0.5) is 0 Å². The minimum atomic E-state index is -0.115. The first-order chi connectivity index (χ1) is 11.1. The number of ether oxygens (including phenoxy) is 1. The molecule has 5 nitrogen and oxygen atoms in total. The third kappa shape index (κ3) is 3.08. The molecule has 1 unspecified atom stereocenters. The lowest BCUT2D eigenvalue weighted by Gasteiger charge is -2.41. The van der Waals surface area contributed by atoms with Crippen molar-refractivity contribution in [1.29, 1.82) is 0 Å². The molecule has 1 atom stereocenters. The van der Waals surface area contributed by atoms with Crippen LogP contribution in [0.1, 0.15) is 23.2 Å². The summed E-state index contributed by atoms with van der Waals surface area (Å²) in [5.74, 6) is -0.0414. The molecule has 2 fully saturated rings. The third-order valence-corrected chi connectivity index (χ3v) is 5.36. The number of nitrogens with zero attached hydrogens (tertiary/aromatic N) is 1. The van der Waals surface area contributed by atoms with E-state index in [9.17, 15) is 9.59 Å². The van der Waals surface area contributed by atoms with E-state index in [0.29, 0.717) is 36.8 Å². The van der Waals surface area contributed by atoms with Gasteiger partial charge in [-0.2, -0.15) is 0 Å². The number of amides is 2. The van der Waals surface area contributed by atoms with E-state index in [1.54, 1.807) is 31.4 Å². The molecule has 1 aromatic rings. The van der Waals surface area contributed by atoms with Crippen LogP contribution in [-0.2, 0) is 9.53 Å². The number of hydrogen-bond acceptors (Lipinski definition) is 3. The van der Waals surface area contributed by atoms with Crippen molar-refractivity contribution in [3.8, 4) is 0 Å². The summed E-state index contributed by atoms with van der Waals surface area (Å²) in [6.45, 7) is 2.42. The molecular weight excluding hydrogens is 316 g/mol. The largest absolute Gasteiger partial charge is 0.384 e. The standard InChI is InChI=1S/C17H21ClN2O3/c1-23-10-14-15(21)19-11-17(14)5-7-20(8-6-17)16(22)12-3-2-4-13(18)9-12/h2-4,9,14H,5-8,10-11H2,1H3,(H,19,21). The number of carbonyl (C=O) groups excluding carboxylic acids is 2. The van der Waals surface area contributed by atoms with Crippen LogP contribution in [0.2, 0.25) is 5.02 Å². The number of carbonyl (C=O) groups is 2. The Morgan fingerprint density at radius 1 is 1.43 bits per heavy atom. The molecule has 1 aromatic carbocycles. The summed E-state index contributed by atoms with van der Waals surface area (Å²) in [6, 6.07) is 7.03. The molecule has 2 saturated heterocycles. The van der Waals surface area contributed by atoms with Crippen molar-refractivity contribution in [3.63, 3.8) is 0 Å². The van der Waals surface area contributed by atoms with Crippen molar-refractivity contribution in [1.82, 2.24) is 10.2 Å². The Morgan fingerprint density at radius 2 is 2.17 bits per heavy atom. The second kappa shape index (κ2) is 6.49. The number of piperidine rings is 1. The van der Waals surface area contributed by atoms with Gasteiger partial charge in [0.1, 0.15) is 0 Å². The highest BCUT2D eigenvalue weighted by atomic mass is 35.5. The van der Waals surface area contributed by atoms with E-state index in [-0.39, 0.29) is 23.1 Å². The lowest BCUT2D eigenvalue weighted by molar-refractivity contribution is -0.126. The van der Waals surface area contributed by atoms with E-state index in [0.717, 1.165) is 12.8 Å². The van der Waals surface area contributed by atoms with Crippen molar-refractivity contribution < 1.29 is 14.3 Å². The van der Waals surface area contributed by atoms with Crippen LogP contribution in [0.5, 0.6) is 0 Å². The first-order valence-electron chi connectivity index (χ1n) is 7.87. The Kier molecular flexibility index (Phi) is 4.60. The van der Waals surface area contributed by atoms with E-state index in [2.05, 4.69) is 5.32 Å². The van der Waals surface area contributed by atoms with Crippen LogP contribution >= 0.6 is 11.6 Å². The number of nitrogens with one attached hydrogen (secondary N) is 1. The Labute approximate surface area is 140 Å². The van der Waals surface area contributed by atoms with Crippen LogP contribution in [0.25, 0.3) is 0 Å². The normalized spacial score (nSPS) is 23.1. The first kappa shape index (κ1) is 16.3. The van der Waals surface area contributed by atoms with E-state index in [1.165, 1.54) is 0 Å². The predicted octanol–water partition coefficient (Wildman–Crippen LogP) is 1.95. The SMILES string of the molecule is COCC1C(=O)NCC12CCN(C(=O)c1cccc(Cl)c1)CC2. The molecule has 124 valence electrons. The van der Waals surface area contributed by atoms with Gasteiger partial charge in [-0.3, -0.25) is 9.59 Å². The van der Waals surface area contributed by atoms with Crippen molar-refractivity contribution in [2.75, 3.05) is 33.4 Å². The fraction of sp³-hybridized carbons (Fsp3) is 0.529. The number of rotatable bonds is 3. The number of halogens is 1. The van der Waals surface area contributed by atoms with Gasteiger partial charge in [-0.15, -0.1) is 0 Å². The molecule has 0 saturated carbocycles. The van der Waals surface area contributed by atoms with E-state index in [1.807, 2.05) is 4.90 Å². The average Bonchev–Trinajstić information content (AvgIpc) is 2.85. The van der Waals surface area contributed by atoms with Crippen LogP contribution in [0.15, 0.2) is 24.3 Å². The number of benzene rings is 1. The summed E-state index contributed by atoms with van der Waals surface area (Å²) in [6.07, 6.45) is 1.62. The van der Waals surface area contributed by atoms with Gasteiger partial charge in [0.05, 0.1) is 12.5 Å². The third-order valence-electron chi connectivity index (χ3n) is 5.12. The summed E-state index contributed by atoms with van der Waals surface area (Å²) in [5, 5.41) is 3.52. The molecule has 2 aliphatic heterocycles. The molecule has 0 bridgehead atoms. The van der Waals surface area contributed by atoms with Crippen molar-refractivity contribution >= 4 is 23.4 Å². The maximum Gasteiger partial charge on any atom is 0.253 e. The molecule has 1 N–H and O–H groups in total. The minimum absolute atomic E-state index is 0.00271. The molecule has 2 amide bonds. The van der Waals surface area contributed by atoms with Gasteiger partial charge in [0, 0.05) is 42.7 Å². The Morgan fingerprint density at radius 3 is 2.83 bits per heavy atom. The minimum Gasteiger partial charge on any atom is -0.384 e. The van der Waals surface area contributed by atoms with Gasteiger partial charge in [-0.05, 0) is 31.0 Å². The molecule has 3 rings (SSSR count). The summed E-state index contributed by atoms with van der Waals surface area (Å²) >= 11 is 5.97. The fourth-order valence-corrected chi connectivity index (χ4v) is 3.88. The smallest absolute Gasteiger partial charge is 0.253 e. The number of methoxy groups -OCH3 is 1. The number of likely N-dealkylation sites (tertiary alicyclic amines) is 1. The predicted molar refractivity (Wildman–Crippen MR) is 87.4 cm³/mol. The molecule has 2 heterocycles. The van der Waals surface area contributed by atoms with E-state index < -0.39 is 0 Å². The van der Waals surface area contributed by atoms with Gasteiger partial charge in [-0.1, -0.05) is 17.7 Å². The van der Waals surface area contributed by atoms with Gasteiger partial charge in [0.25, 0.3) is 5.91 Å². The fourth-order valence-electron chi connectivity index (χ4n) is 3.69. The second-order valence-electron chi connectivity index (χ2n) is 6.39. The highest BCUT2D eigenvalue weighted by molar-refractivity contribution is 6.30. The Balaban J connectivity index is 1.68. The molecule has 0 aliphatic carbocycles. The van der Waals surface area contributed by atoms with Gasteiger partial charge >= 0.3 is 0 Å². The number of hydrogen-bond donors (Lipinski definition) is 1. The maximum absolute atomic E-state index is 12.6. The molecule has 1 spiro atoms. The molecule has 23 heavy (non-hydrogen) atoms. The Hall–Kier alpha value is -1.59. The molecule has 6 heteroatoms. The van der Waals surface area contributed by atoms with Crippen LogP contribution in [0.3, 0.4) is 0 Å². The quantitative estimate of drug-likeness (QED) is 0.918. The van der Waals surface area contributed by atoms with Gasteiger partial charge in [0.2, 0.25) is 5.91 Å². The van der Waals surface area contributed by atoms with Crippen molar-refractivity contribution in [2.24, 2.45) is 11.3 Å². The summed E-state index contributed by atoms with van der Waals surface area (Å²) in [4.78, 5) is 26.5. The topological polar surface area (TPSA) is 58.6 Å². The highest BCUT2D eigenvalue weighted by Crippen LogP contribution is 2.42. The Bertz CT molecular complexity index is 612. The maximum atomic E-state index is 12.6. The molecular formula is C17H21ClN2O3. The highest BCUT2D eigenvalue weighted by Gasteiger charge is 2.49. The van der Waals surface area contributed by atoms with Crippen LogP contribution < -0.4 is 5.32 Å². The van der Waals surface area contributed by atoms with E-state index in [4.69, 9.17) is 16.3 Å².